The van der Waals surface area contributed by atoms with Crippen LogP contribution in [0.25, 0.3) is 0 Å². The van der Waals surface area contributed by atoms with Crippen molar-refractivity contribution in [2.24, 2.45) is 11.8 Å². The van der Waals surface area contributed by atoms with Crippen molar-refractivity contribution >= 4 is 19.7 Å². The van der Waals surface area contributed by atoms with E-state index in [-0.39, 0.29) is 4.90 Å². The molecule has 1 heterocycles. The van der Waals surface area contributed by atoms with Gasteiger partial charge in [0.2, 0.25) is 0 Å². The molecule has 0 aliphatic heterocycles. The zero-order valence-electron chi connectivity index (χ0n) is 10.0. The molecule has 0 bridgehead atoms. The molecule has 2 rings (SSSR count). The minimum atomic E-state index is -3.66. The Balaban J connectivity index is 2.20. The third-order valence-electron chi connectivity index (χ3n) is 3.39. The molecule has 0 aromatic carbocycles. The number of hydrogen-bond acceptors (Lipinski definition) is 3. The topological polar surface area (TPSA) is 52.0 Å². The highest BCUT2D eigenvalue weighted by molar-refractivity contribution is 8.13. The summed E-state index contributed by atoms with van der Waals surface area (Å²) < 4.78 is 24.1. The minimum Gasteiger partial charge on any atom is -0.268 e. The van der Waals surface area contributed by atoms with Gasteiger partial charge in [0.15, 0.2) is 0 Å². The SMILES string of the molecule is CC1CC(C)CC(n2cc(S(=O)(=O)Cl)cn2)C1. The van der Waals surface area contributed by atoms with E-state index in [4.69, 9.17) is 10.7 Å². The molecule has 0 saturated heterocycles. The molecular formula is C11H17ClN2O2S. The molecule has 6 heteroatoms. The van der Waals surface area contributed by atoms with E-state index in [0.717, 1.165) is 12.8 Å². The zero-order valence-corrected chi connectivity index (χ0v) is 11.6. The van der Waals surface area contributed by atoms with Crippen LogP contribution in [0, 0.1) is 11.8 Å². The monoisotopic (exact) mass is 276 g/mol. The number of aromatic nitrogens is 2. The van der Waals surface area contributed by atoms with E-state index in [2.05, 4.69) is 18.9 Å². The van der Waals surface area contributed by atoms with E-state index in [1.807, 2.05) is 0 Å². The van der Waals surface area contributed by atoms with Gasteiger partial charge in [0.1, 0.15) is 4.90 Å². The van der Waals surface area contributed by atoms with Gasteiger partial charge < -0.3 is 0 Å². The first-order valence-corrected chi connectivity index (χ1v) is 8.16. The fourth-order valence-electron chi connectivity index (χ4n) is 2.77. The molecule has 2 atom stereocenters. The largest absolute Gasteiger partial charge is 0.268 e. The van der Waals surface area contributed by atoms with Gasteiger partial charge in [0.05, 0.1) is 12.2 Å². The van der Waals surface area contributed by atoms with Gasteiger partial charge in [-0.1, -0.05) is 13.8 Å². The van der Waals surface area contributed by atoms with Crippen molar-refractivity contribution in [3.8, 4) is 0 Å². The molecule has 1 saturated carbocycles. The summed E-state index contributed by atoms with van der Waals surface area (Å²) in [5.74, 6) is 1.31. The summed E-state index contributed by atoms with van der Waals surface area (Å²) >= 11 is 0. The van der Waals surface area contributed by atoms with Crippen LogP contribution in [0.2, 0.25) is 0 Å². The van der Waals surface area contributed by atoms with Gasteiger partial charge >= 0.3 is 0 Å². The third kappa shape index (κ3) is 3.01. The van der Waals surface area contributed by atoms with E-state index in [0.29, 0.717) is 17.9 Å². The zero-order chi connectivity index (χ0) is 12.6. The normalized spacial score (nSPS) is 30.4. The van der Waals surface area contributed by atoms with E-state index >= 15 is 0 Å². The first-order valence-electron chi connectivity index (χ1n) is 5.85. The Morgan fingerprint density at radius 3 is 2.35 bits per heavy atom. The summed E-state index contributed by atoms with van der Waals surface area (Å²) in [6, 6.07) is 0.293. The molecule has 17 heavy (non-hydrogen) atoms. The van der Waals surface area contributed by atoms with Crippen LogP contribution >= 0.6 is 10.7 Å². The lowest BCUT2D eigenvalue weighted by atomic mass is 9.80. The fraction of sp³-hybridized carbons (Fsp3) is 0.727. The van der Waals surface area contributed by atoms with Crippen molar-refractivity contribution in [1.29, 1.82) is 0 Å². The molecule has 0 amide bonds. The average molecular weight is 277 g/mol. The average Bonchev–Trinajstić information content (AvgIpc) is 2.63. The molecule has 4 nitrogen and oxygen atoms in total. The maximum Gasteiger partial charge on any atom is 0.264 e. The second kappa shape index (κ2) is 4.61. The highest BCUT2D eigenvalue weighted by atomic mass is 35.7. The van der Waals surface area contributed by atoms with E-state index in [1.54, 1.807) is 4.68 Å². The van der Waals surface area contributed by atoms with Gasteiger partial charge in [-0.15, -0.1) is 0 Å². The molecule has 96 valence electrons. The van der Waals surface area contributed by atoms with Crippen LogP contribution < -0.4 is 0 Å². The number of nitrogens with zero attached hydrogens (tertiary/aromatic N) is 2. The highest BCUT2D eigenvalue weighted by Crippen LogP contribution is 2.35. The fourth-order valence-corrected chi connectivity index (χ4v) is 3.41. The van der Waals surface area contributed by atoms with Gasteiger partial charge in [0.25, 0.3) is 9.05 Å². The number of halogens is 1. The Hall–Kier alpha value is -0.550. The first kappa shape index (κ1) is 12.9. The van der Waals surface area contributed by atoms with Crippen molar-refractivity contribution in [1.82, 2.24) is 9.78 Å². The summed E-state index contributed by atoms with van der Waals surface area (Å²) in [6.07, 6.45) is 6.20. The molecule has 0 N–H and O–H groups in total. The molecule has 1 aliphatic carbocycles. The maximum atomic E-state index is 11.2. The highest BCUT2D eigenvalue weighted by Gasteiger charge is 2.26. The van der Waals surface area contributed by atoms with Gasteiger partial charge in [-0.25, -0.2) is 8.42 Å². The summed E-state index contributed by atoms with van der Waals surface area (Å²) in [4.78, 5) is 0.0880. The van der Waals surface area contributed by atoms with E-state index in [9.17, 15) is 8.42 Å². The predicted molar refractivity (Wildman–Crippen MR) is 66.5 cm³/mol. The summed E-state index contributed by atoms with van der Waals surface area (Å²) in [5, 5.41) is 4.13. The van der Waals surface area contributed by atoms with Crippen LogP contribution in [-0.4, -0.2) is 18.2 Å². The molecule has 0 spiro atoms. The standard InChI is InChI=1S/C11H17ClN2O2S/c1-8-3-9(2)5-10(4-8)14-7-11(6-13-14)17(12,15)16/h6-10H,3-5H2,1-2H3. The van der Waals surface area contributed by atoms with Crippen LogP contribution in [0.1, 0.15) is 39.2 Å². The Bertz CT molecular complexity index is 487. The summed E-state index contributed by atoms with van der Waals surface area (Å²) in [5.41, 5.74) is 0. The van der Waals surface area contributed by atoms with E-state index in [1.165, 1.54) is 18.8 Å². The Labute approximate surface area is 106 Å². The molecular weight excluding hydrogens is 260 g/mol. The van der Waals surface area contributed by atoms with Crippen LogP contribution in [0.15, 0.2) is 17.3 Å². The number of hydrogen-bond donors (Lipinski definition) is 0. The van der Waals surface area contributed by atoms with Crippen LogP contribution in [0.4, 0.5) is 0 Å². The molecule has 1 aromatic heterocycles. The first-order chi connectivity index (χ1) is 7.86. The van der Waals surface area contributed by atoms with Crippen molar-refractivity contribution in [3.05, 3.63) is 12.4 Å². The third-order valence-corrected chi connectivity index (χ3v) is 4.70. The van der Waals surface area contributed by atoms with Crippen molar-refractivity contribution in [2.75, 3.05) is 0 Å². The maximum absolute atomic E-state index is 11.2. The molecule has 0 radical (unpaired) electrons. The van der Waals surface area contributed by atoms with Gasteiger partial charge in [-0.05, 0) is 31.1 Å². The van der Waals surface area contributed by atoms with Crippen LogP contribution in [-0.2, 0) is 9.05 Å². The lowest BCUT2D eigenvalue weighted by molar-refractivity contribution is 0.210. The second-order valence-corrected chi connectivity index (χ2v) is 7.73. The second-order valence-electron chi connectivity index (χ2n) is 5.17. The Morgan fingerprint density at radius 1 is 1.29 bits per heavy atom. The van der Waals surface area contributed by atoms with E-state index < -0.39 is 9.05 Å². The van der Waals surface area contributed by atoms with Gasteiger partial charge in [-0.2, -0.15) is 5.10 Å². The smallest absolute Gasteiger partial charge is 0.264 e. The molecule has 1 aromatic rings. The minimum absolute atomic E-state index is 0.0880. The quantitative estimate of drug-likeness (QED) is 0.781. The molecule has 1 fully saturated rings. The predicted octanol–water partition coefficient (Wildman–Crippen LogP) is 2.81. The van der Waals surface area contributed by atoms with Crippen molar-refractivity contribution < 1.29 is 8.42 Å². The van der Waals surface area contributed by atoms with Crippen molar-refractivity contribution in [3.63, 3.8) is 0 Å². The van der Waals surface area contributed by atoms with Gasteiger partial charge in [0, 0.05) is 16.9 Å². The molecule has 2 unspecified atom stereocenters. The Kier molecular flexibility index (Phi) is 3.50. The number of rotatable bonds is 2. The van der Waals surface area contributed by atoms with Crippen LogP contribution in [0.5, 0.6) is 0 Å². The lowest BCUT2D eigenvalue weighted by Crippen LogP contribution is -2.22. The molecule has 1 aliphatic rings. The Morgan fingerprint density at radius 2 is 1.88 bits per heavy atom. The summed E-state index contributed by atoms with van der Waals surface area (Å²) in [6.45, 7) is 4.46. The van der Waals surface area contributed by atoms with Crippen molar-refractivity contribution in [2.45, 2.75) is 44.0 Å². The van der Waals surface area contributed by atoms with Gasteiger partial charge in [-0.3, -0.25) is 4.68 Å². The summed E-state index contributed by atoms with van der Waals surface area (Å²) in [7, 11) is 1.63. The lowest BCUT2D eigenvalue weighted by Gasteiger charge is -2.31. The van der Waals surface area contributed by atoms with Crippen LogP contribution in [0.3, 0.4) is 0 Å².